The molecular formula is C30H17IrN2O-. The van der Waals surface area contributed by atoms with Crippen LogP contribution >= 0.6 is 0 Å². The molecule has 4 aromatic heterocycles. The largest absolute Gasteiger partial charge is 0.454 e. The number of benzene rings is 4. The third-order valence-electron chi connectivity index (χ3n) is 7.03. The average molecular weight is 614 g/mol. The van der Waals surface area contributed by atoms with Gasteiger partial charge in [-0.05, 0) is 18.2 Å². The first-order valence-electron chi connectivity index (χ1n) is 11.1. The molecule has 4 heterocycles. The number of nitrogens with zero attached hydrogens (tertiary/aromatic N) is 2. The van der Waals surface area contributed by atoms with E-state index in [1.807, 2.05) is 18.3 Å². The van der Waals surface area contributed by atoms with Crippen LogP contribution < -0.4 is 0 Å². The van der Waals surface area contributed by atoms with Crippen LogP contribution in [0.4, 0.5) is 0 Å². The van der Waals surface area contributed by atoms with Crippen LogP contribution in [0.25, 0.3) is 71.3 Å². The molecule has 0 spiro atoms. The maximum absolute atomic E-state index is 6.50. The van der Waals surface area contributed by atoms with E-state index >= 15 is 0 Å². The predicted octanol–water partition coefficient (Wildman–Crippen LogP) is 7.98. The van der Waals surface area contributed by atoms with E-state index in [4.69, 9.17) is 9.40 Å². The molecule has 0 saturated heterocycles. The Morgan fingerprint density at radius 3 is 2.32 bits per heavy atom. The maximum Gasteiger partial charge on any atom is 0.162 e. The molecule has 0 saturated carbocycles. The zero-order valence-corrected chi connectivity index (χ0v) is 20.4. The standard InChI is InChI=1S/C30H17N2O.Ir/c1-17-19-9-3-2-8-18(19)14-15-20(17)27-26-28-23(16-31-27)21-10-4-6-12-24(21)32(28)29-22-11-5-7-13-25(22)33-30(26)29;/h2-16H,1H2;/q-1;. The fourth-order valence-corrected chi connectivity index (χ4v) is 5.58. The van der Waals surface area contributed by atoms with Gasteiger partial charge in [-0.15, -0.1) is 23.1 Å². The minimum absolute atomic E-state index is 0. The number of pyridine rings is 1. The van der Waals surface area contributed by atoms with E-state index in [9.17, 15) is 0 Å². The second-order valence-electron chi connectivity index (χ2n) is 8.69. The van der Waals surface area contributed by atoms with Gasteiger partial charge in [-0.25, -0.2) is 0 Å². The third kappa shape index (κ3) is 2.29. The molecule has 0 atom stereocenters. The van der Waals surface area contributed by atoms with E-state index in [1.54, 1.807) is 0 Å². The fraction of sp³-hybridized carbons (Fsp3) is 0. The number of fused-ring (bicyclic) bond motifs is 9. The minimum Gasteiger partial charge on any atom is -0.454 e. The van der Waals surface area contributed by atoms with E-state index in [0.29, 0.717) is 0 Å². The van der Waals surface area contributed by atoms with Crippen LogP contribution in [0.1, 0.15) is 5.56 Å². The molecule has 34 heavy (non-hydrogen) atoms. The summed E-state index contributed by atoms with van der Waals surface area (Å²) in [5.74, 6) is 0. The molecule has 4 heteroatoms. The number of rotatable bonds is 1. The Balaban J connectivity index is 0.00000200. The summed E-state index contributed by atoms with van der Waals surface area (Å²) in [6, 6.07) is 29.5. The fourth-order valence-electron chi connectivity index (χ4n) is 5.58. The first-order chi connectivity index (χ1) is 16.3. The topological polar surface area (TPSA) is 30.4 Å². The van der Waals surface area contributed by atoms with Gasteiger partial charge in [0.15, 0.2) is 5.58 Å². The first kappa shape index (κ1) is 19.6. The molecule has 3 nitrogen and oxygen atoms in total. The van der Waals surface area contributed by atoms with Gasteiger partial charge in [0, 0.05) is 48.2 Å². The smallest absolute Gasteiger partial charge is 0.162 e. The Kier molecular flexibility index (Phi) is 3.94. The molecule has 0 aliphatic rings. The van der Waals surface area contributed by atoms with Crippen molar-refractivity contribution in [1.82, 2.24) is 9.38 Å². The Hall–Kier alpha value is -3.85. The van der Waals surface area contributed by atoms with E-state index in [1.165, 1.54) is 16.3 Å². The van der Waals surface area contributed by atoms with Crippen molar-refractivity contribution in [3.8, 4) is 11.3 Å². The minimum atomic E-state index is 0. The van der Waals surface area contributed by atoms with Crippen molar-refractivity contribution >= 4 is 60.0 Å². The first-order valence-corrected chi connectivity index (χ1v) is 11.1. The molecule has 8 rings (SSSR count). The van der Waals surface area contributed by atoms with Crippen molar-refractivity contribution in [1.29, 1.82) is 0 Å². The number of furan rings is 1. The molecule has 0 amide bonds. The normalized spacial score (nSPS) is 12.0. The molecule has 163 valence electrons. The van der Waals surface area contributed by atoms with E-state index in [0.717, 1.165) is 60.6 Å². The van der Waals surface area contributed by atoms with Crippen molar-refractivity contribution in [2.45, 2.75) is 0 Å². The van der Waals surface area contributed by atoms with Gasteiger partial charge in [0.1, 0.15) is 11.1 Å². The zero-order chi connectivity index (χ0) is 21.7. The van der Waals surface area contributed by atoms with Gasteiger partial charge in [0.05, 0.1) is 16.4 Å². The summed E-state index contributed by atoms with van der Waals surface area (Å²) in [6.07, 6.45) is 2.01. The van der Waals surface area contributed by atoms with Gasteiger partial charge in [-0.3, -0.25) is 4.98 Å². The van der Waals surface area contributed by atoms with Crippen LogP contribution in [0.3, 0.4) is 0 Å². The van der Waals surface area contributed by atoms with Crippen LogP contribution in [-0.4, -0.2) is 9.38 Å². The van der Waals surface area contributed by atoms with Gasteiger partial charge >= 0.3 is 0 Å². The van der Waals surface area contributed by atoms with Crippen LogP contribution in [0, 0.1) is 6.92 Å². The van der Waals surface area contributed by atoms with Crippen molar-refractivity contribution in [3.63, 3.8) is 0 Å². The number of hydrogen-bond acceptors (Lipinski definition) is 2. The molecule has 0 aliphatic heterocycles. The van der Waals surface area contributed by atoms with Gasteiger partial charge in [-0.1, -0.05) is 60.0 Å². The Morgan fingerprint density at radius 2 is 1.44 bits per heavy atom. The SMILES string of the molecule is [CH2-]c1c(-c2ncc3c4ccccc4n4c5c6ccccc6oc5c2c34)ccc2ccccc12.[Ir]. The summed E-state index contributed by atoms with van der Waals surface area (Å²) < 4.78 is 8.86. The van der Waals surface area contributed by atoms with E-state index in [-0.39, 0.29) is 20.1 Å². The second kappa shape index (κ2) is 6.83. The molecule has 1 radical (unpaired) electrons. The molecule has 0 N–H and O–H groups in total. The van der Waals surface area contributed by atoms with Crippen molar-refractivity contribution in [3.05, 3.63) is 104 Å². The summed E-state index contributed by atoms with van der Waals surface area (Å²) in [5, 5.41) is 6.85. The maximum atomic E-state index is 6.50. The molecule has 0 aliphatic carbocycles. The molecule has 0 bridgehead atoms. The molecule has 8 aromatic rings. The van der Waals surface area contributed by atoms with Gasteiger partial charge < -0.3 is 8.82 Å². The Bertz CT molecular complexity index is 2050. The summed E-state index contributed by atoms with van der Waals surface area (Å²) >= 11 is 0. The summed E-state index contributed by atoms with van der Waals surface area (Å²) in [5.41, 5.74) is 8.16. The van der Waals surface area contributed by atoms with Crippen molar-refractivity contribution < 1.29 is 24.5 Å². The zero-order valence-electron chi connectivity index (χ0n) is 18.0. The number of para-hydroxylation sites is 2. The number of aromatic nitrogens is 2. The summed E-state index contributed by atoms with van der Waals surface area (Å²) in [7, 11) is 0. The van der Waals surface area contributed by atoms with Gasteiger partial charge in [0.2, 0.25) is 0 Å². The molecular weight excluding hydrogens is 597 g/mol. The predicted molar refractivity (Wildman–Crippen MR) is 136 cm³/mol. The Labute approximate surface area is 208 Å². The number of hydrogen-bond donors (Lipinski definition) is 0. The van der Waals surface area contributed by atoms with Gasteiger partial charge in [0.25, 0.3) is 0 Å². The Morgan fingerprint density at radius 1 is 0.706 bits per heavy atom. The molecule has 4 aromatic carbocycles. The summed E-state index contributed by atoms with van der Waals surface area (Å²) in [4.78, 5) is 5.03. The van der Waals surface area contributed by atoms with Crippen LogP contribution in [0.2, 0.25) is 0 Å². The molecule has 0 unspecified atom stereocenters. The monoisotopic (exact) mass is 614 g/mol. The van der Waals surface area contributed by atoms with Crippen molar-refractivity contribution in [2.24, 2.45) is 0 Å². The van der Waals surface area contributed by atoms with Crippen LogP contribution in [0.5, 0.6) is 0 Å². The van der Waals surface area contributed by atoms with Gasteiger partial charge in [-0.2, -0.15) is 12.5 Å². The quantitative estimate of drug-likeness (QED) is 0.176. The van der Waals surface area contributed by atoms with E-state index in [2.05, 4.69) is 84.1 Å². The van der Waals surface area contributed by atoms with Crippen LogP contribution in [-0.2, 0) is 20.1 Å². The van der Waals surface area contributed by atoms with E-state index < -0.39 is 0 Å². The van der Waals surface area contributed by atoms with Crippen molar-refractivity contribution in [2.75, 3.05) is 0 Å². The van der Waals surface area contributed by atoms with Crippen LogP contribution in [0.15, 0.2) is 95.5 Å². The average Bonchev–Trinajstić information content (AvgIpc) is 3.50. The second-order valence-corrected chi connectivity index (χ2v) is 8.69. The molecule has 0 fully saturated rings. The summed E-state index contributed by atoms with van der Waals surface area (Å²) in [6.45, 7) is 4.46. The third-order valence-corrected chi connectivity index (χ3v) is 7.03.